The van der Waals surface area contributed by atoms with Crippen molar-refractivity contribution in [1.29, 1.82) is 0 Å². The van der Waals surface area contributed by atoms with Gasteiger partial charge >= 0.3 is 0 Å². The molecule has 0 bridgehead atoms. The van der Waals surface area contributed by atoms with E-state index in [0.29, 0.717) is 12.1 Å². The Hall–Kier alpha value is -2.62. The highest BCUT2D eigenvalue weighted by atomic mass is 35.5. The van der Waals surface area contributed by atoms with Gasteiger partial charge in [0.2, 0.25) is 0 Å². The van der Waals surface area contributed by atoms with Crippen LogP contribution < -0.4 is 22.3 Å². The van der Waals surface area contributed by atoms with E-state index in [1.54, 1.807) is 0 Å². The number of aromatic nitrogens is 1. The molecule has 0 atom stereocenters. The molecule has 1 aromatic heterocycles. The van der Waals surface area contributed by atoms with Gasteiger partial charge in [0.1, 0.15) is 0 Å². The van der Waals surface area contributed by atoms with Crippen LogP contribution in [0.15, 0.2) is 73.1 Å². The van der Waals surface area contributed by atoms with E-state index in [1.165, 1.54) is 0 Å². The fraction of sp³-hybridized carbons (Fsp3) is 0.0476. The number of hydrogen-bond donors (Lipinski definition) is 1. The monoisotopic (exact) mass is 382 g/mol. The molecule has 3 aromatic rings. The van der Waals surface area contributed by atoms with E-state index in [2.05, 4.69) is 9.88 Å². The maximum absolute atomic E-state index is 12.2. The van der Waals surface area contributed by atoms with Crippen molar-refractivity contribution in [3.63, 3.8) is 0 Å². The summed E-state index contributed by atoms with van der Waals surface area (Å²) >= 11 is 6.22. The van der Waals surface area contributed by atoms with Crippen LogP contribution >= 0.6 is 11.6 Å². The summed E-state index contributed by atoms with van der Waals surface area (Å²) in [5.41, 5.74) is 4.56. The maximum Gasteiger partial charge on any atom is 0.256 e. The molecule has 0 fully saturated rings. The van der Waals surface area contributed by atoms with Gasteiger partial charge in [-0.2, -0.15) is 0 Å². The smallest absolute Gasteiger partial charge is 0.256 e. The van der Waals surface area contributed by atoms with E-state index >= 15 is 0 Å². The van der Waals surface area contributed by atoms with E-state index in [1.807, 2.05) is 79.1 Å². The molecule has 1 amide bonds. The van der Waals surface area contributed by atoms with Crippen LogP contribution in [0.5, 0.6) is 0 Å². The van der Waals surface area contributed by atoms with Gasteiger partial charge in [0, 0.05) is 34.5 Å². The van der Waals surface area contributed by atoms with Gasteiger partial charge in [0.25, 0.3) is 5.91 Å². The zero-order chi connectivity index (χ0) is 17.2. The maximum atomic E-state index is 12.2. The van der Waals surface area contributed by atoms with E-state index in [-0.39, 0.29) is 18.3 Å². The summed E-state index contributed by atoms with van der Waals surface area (Å²) in [4.78, 5) is 12.2. The van der Waals surface area contributed by atoms with Gasteiger partial charge in [0.15, 0.2) is 18.9 Å². The largest absolute Gasteiger partial charge is 1.00 e. The number of amides is 1. The Labute approximate surface area is 163 Å². The minimum Gasteiger partial charge on any atom is -1.00 e. The highest BCUT2D eigenvalue weighted by Gasteiger charge is 2.23. The summed E-state index contributed by atoms with van der Waals surface area (Å²) < 4.78 is 2.06. The van der Waals surface area contributed by atoms with Crippen molar-refractivity contribution in [3.05, 3.63) is 94.8 Å². The molecule has 0 spiro atoms. The molecule has 0 radical (unpaired) electrons. The molecule has 0 saturated heterocycles. The first-order chi connectivity index (χ1) is 12.2. The zero-order valence-corrected chi connectivity index (χ0v) is 15.3. The van der Waals surface area contributed by atoms with E-state index in [4.69, 9.17) is 11.6 Å². The molecule has 2 heterocycles. The second kappa shape index (κ2) is 7.73. The van der Waals surface area contributed by atoms with Gasteiger partial charge in [-0.25, -0.2) is 4.57 Å². The summed E-state index contributed by atoms with van der Waals surface area (Å²) in [5.74, 6) is -0.0611. The van der Waals surface area contributed by atoms with Crippen LogP contribution in [0.25, 0.3) is 11.6 Å². The van der Waals surface area contributed by atoms with Crippen molar-refractivity contribution in [2.24, 2.45) is 0 Å². The Bertz CT molecular complexity index is 981. The van der Waals surface area contributed by atoms with Crippen molar-refractivity contribution in [2.45, 2.75) is 6.54 Å². The number of benzene rings is 2. The molecule has 3 nitrogen and oxygen atoms in total. The summed E-state index contributed by atoms with van der Waals surface area (Å²) in [5, 5.41) is 3.66. The summed E-state index contributed by atoms with van der Waals surface area (Å²) in [6.07, 6.45) is 5.91. The van der Waals surface area contributed by atoms with Crippen LogP contribution in [0, 0.1) is 0 Å². The molecular formula is C21H16Cl2N2O. The number of pyridine rings is 1. The number of nitrogens with one attached hydrogen (secondary N) is 1. The van der Waals surface area contributed by atoms with Crippen molar-refractivity contribution in [2.75, 3.05) is 5.32 Å². The van der Waals surface area contributed by atoms with Crippen molar-refractivity contribution in [3.8, 4) is 0 Å². The molecule has 26 heavy (non-hydrogen) atoms. The summed E-state index contributed by atoms with van der Waals surface area (Å²) in [7, 11) is 0. The number of fused-ring (bicyclic) bond motifs is 1. The molecule has 1 aliphatic rings. The predicted octanol–water partition coefficient (Wildman–Crippen LogP) is 1.17. The predicted molar refractivity (Wildman–Crippen MR) is 100 cm³/mol. The Morgan fingerprint density at radius 2 is 1.65 bits per heavy atom. The Morgan fingerprint density at radius 3 is 2.42 bits per heavy atom. The van der Waals surface area contributed by atoms with Gasteiger partial charge in [-0.05, 0) is 23.8 Å². The molecule has 5 heteroatoms. The van der Waals surface area contributed by atoms with Crippen LogP contribution in [0.3, 0.4) is 0 Å². The molecule has 0 aliphatic carbocycles. The standard InChI is InChI=1S/C21H15ClN2O.ClH/c22-19-7-3-1-5-16(19)14-24-11-9-15(10-12-24)13-18-17-6-2-4-8-20(17)23-21(18)25;/h1-13H,14H2;1H. The third-order valence-electron chi connectivity index (χ3n) is 4.25. The third kappa shape index (κ3) is 3.64. The van der Waals surface area contributed by atoms with Crippen LogP contribution in [0.2, 0.25) is 5.02 Å². The third-order valence-corrected chi connectivity index (χ3v) is 4.62. The van der Waals surface area contributed by atoms with E-state index in [9.17, 15) is 4.79 Å². The lowest BCUT2D eigenvalue weighted by atomic mass is 10.0. The number of anilines is 1. The fourth-order valence-corrected chi connectivity index (χ4v) is 3.14. The van der Waals surface area contributed by atoms with E-state index < -0.39 is 0 Å². The summed E-state index contributed by atoms with van der Waals surface area (Å²) in [6.45, 7) is 0.708. The lowest BCUT2D eigenvalue weighted by Crippen LogP contribution is -3.00. The molecule has 2 aromatic carbocycles. The number of hydrogen-bond acceptors (Lipinski definition) is 1. The topological polar surface area (TPSA) is 33.0 Å². The molecule has 1 N–H and O–H groups in total. The van der Waals surface area contributed by atoms with Crippen LogP contribution in [-0.2, 0) is 11.3 Å². The van der Waals surface area contributed by atoms with Gasteiger partial charge in [-0.3, -0.25) is 4.79 Å². The highest BCUT2D eigenvalue weighted by Crippen LogP contribution is 2.32. The van der Waals surface area contributed by atoms with Crippen LogP contribution in [0.4, 0.5) is 5.69 Å². The zero-order valence-electron chi connectivity index (χ0n) is 13.8. The van der Waals surface area contributed by atoms with Crippen LogP contribution in [-0.4, -0.2) is 5.91 Å². The fourth-order valence-electron chi connectivity index (χ4n) is 2.94. The van der Waals surface area contributed by atoms with Crippen molar-refractivity contribution >= 4 is 34.8 Å². The van der Waals surface area contributed by atoms with Gasteiger partial charge in [-0.1, -0.05) is 48.0 Å². The molecule has 0 saturated carbocycles. The first kappa shape index (κ1) is 18.2. The SMILES string of the molecule is O=C1Nc2ccccc2/C1=C\c1cc[n+](Cc2ccccc2Cl)cc1.[Cl-]. The highest BCUT2D eigenvalue weighted by molar-refractivity contribution is 6.34. The Kier molecular flexibility index (Phi) is 5.40. The first-order valence-electron chi connectivity index (χ1n) is 8.06. The van der Waals surface area contributed by atoms with Crippen LogP contribution in [0.1, 0.15) is 16.7 Å². The minimum atomic E-state index is -0.0611. The second-order valence-corrected chi connectivity index (χ2v) is 6.36. The van der Waals surface area contributed by atoms with Gasteiger partial charge in [0.05, 0.1) is 5.02 Å². The number of carbonyl (C=O) groups excluding carboxylic acids is 1. The summed E-state index contributed by atoms with van der Waals surface area (Å²) in [6, 6.07) is 19.6. The minimum absolute atomic E-state index is 0. The van der Waals surface area contributed by atoms with Gasteiger partial charge in [-0.15, -0.1) is 0 Å². The Balaban J connectivity index is 0.00000196. The Morgan fingerprint density at radius 1 is 0.962 bits per heavy atom. The molecular weight excluding hydrogens is 367 g/mol. The first-order valence-corrected chi connectivity index (χ1v) is 8.43. The normalized spacial score (nSPS) is 13.9. The second-order valence-electron chi connectivity index (χ2n) is 5.95. The van der Waals surface area contributed by atoms with Crippen molar-refractivity contribution < 1.29 is 21.8 Å². The molecule has 4 rings (SSSR count). The lowest BCUT2D eigenvalue weighted by Gasteiger charge is -2.01. The lowest BCUT2D eigenvalue weighted by molar-refractivity contribution is -0.688. The molecule has 130 valence electrons. The average Bonchev–Trinajstić information content (AvgIpc) is 2.94. The number of para-hydroxylation sites is 1. The number of rotatable bonds is 3. The molecule has 1 aliphatic heterocycles. The number of carbonyl (C=O) groups is 1. The van der Waals surface area contributed by atoms with E-state index in [0.717, 1.165) is 27.4 Å². The average molecular weight is 383 g/mol. The molecule has 0 unspecified atom stereocenters. The quantitative estimate of drug-likeness (QED) is 0.535. The van der Waals surface area contributed by atoms with Crippen molar-refractivity contribution in [1.82, 2.24) is 0 Å². The number of nitrogens with zero attached hydrogens (tertiary/aromatic N) is 1. The number of halogens is 2. The van der Waals surface area contributed by atoms with Gasteiger partial charge < -0.3 is 17.7 Å².